The fourth-order valence-corrected chi connectivity index (χ4v) is 4.34. The lowest BCUT2D eigenvalue weighted by Crippen LogP contribution is -2.44. The van der Waals surface area contributed by atoms with Crippen molar-refractivity contribution in [1.29, 1.82) is 0 Å². The van der Waals surface area contributed by atoms with Crippen LogP contribution in [0.3, 0.4) is 0 Å². The van der Waals surface area contributed by atoms with Crippen molar-refractivity contribution in [1.82, 2.24) is 19.8 Å². The average molecular weight is 469 g/mol. The molecule has 0 saturated carbocycles. The number of para-hydroxylation sites is 2. The monoisotopic (exact) mass is 468 g/mol. The van der Waals surface area contributed by atoms with Crippen molar-refractivity contribution in [2.75, 3.05) is 6.54 Å². The van der Waals surface area contributed by atoms with Crippen LogP contribution in [0.15, 0.2) is 89.7 Å². The molecule has 0 aliphatic heterocycles. The van der Waals surface area contributed by atoms with E-state index in [1.54, 1.807) is 10.6 Å². The number of benzene rings is 3. The fraction of sp³-hybridized carbons (Fsp3) is 0.276. The van der Waals surface area contributed by atoms with E-state index in [-0.39, 0.29) is 17.6 Å². The summed E-state index contributed by atoms with van der Waals surface area (Å²) in [7, 11) is 0. The average Bonchev–Trinajstić information content (AvgIpc) is 2.91. The van der Waals surface area contributed by atoms with Crippen LogP contribution in [0.1, 0.15) is 50.5 Å². The van der Waals surface area contributed by atoms with Crippen LogP contribution < -0.4 is 10.9 Å². The minimum Gasteiger partial charge on any atom is -0.334 e. The first-order chi connectivity index (χ1) is 17.1. The van der Waals surface area contributed by atoms with Gasteiger partial charge in [-0.3, -0.25) is 9.36 Å². The first-order valence-corrected chi connectivity index (χ1v) is 12.3. The van der Waals surface area contributed by atoms with Crippen LogP contribution in [-0.2, 0) is 6.54 Å². The SMILES string of the molecule is CCCCN(C(=O)NCc1ccccc1)C(CC)c1nc2ccccc2c(=O)n1-c1ccccc1. The summed E-state index contributed by atoms with van der Waals surface area (Å²) in [6.07, 6.45) is 2.44. The Balaban J connectivity index is 1.79. The van der Waals surface area contributed by atoms with E-state index in [1.807, 2.05) is 90.7 Å². The molecule has 35 heavy (non-hydrogen) atoms. The minimum atomic E-state index is -0.366. The first kappa shape index (κ1) is 24.2. The van der Waals surface area contributed by atoms with Crippen molar-refractivity contribution in [3.05, 3.63) is 107 Å². The number of hydrogen-bond acceptors (Lipinski definition) is 3. The number of carbonyl (C=O) groups excluding carboxylic acids is 1. The molecule has 180 valence electrons. The van der Waals surface area contributed by atoms with Gasteiger partial charge >= 0.3 is 6.03 Å². The number of nitrogens with zero attached hydrogens (tertiary/aromatic N) is 3. The highest BCUT2D eigenvalue weighted by Gasteiger charge is 2.28. The van der Waals surface area contributed by atoms with Gasteiger partial charge < -0.3 is 10.2 Å². The number of nitrogens with one attached hydrogen (secondary N) is 1. The Labute approximate surface area is 206 Å². The summed E-state index contributed by atoms with van der Waals surface area (Å²) in [4.78, 5) is 34.0. The maximum Gasteiger partial charge on any atom is 0.318 e. The van der Waals surface area contributed by atoms with Gasteiger partial charge in [-0.2, -0.15) is 0 Å². The summed E-state index contributed by atoms with van der Waals surface area (Å²) in [6.45, 7) is 5.16. The molecule has 1 heterocycles. The summed E-state index contributed by atoms with van der Waals surface area (Å²) in [5.41, 5.74) is 2.28. The Morgan fingerprint density at radius 3 is 2.29 bits per heavy atom. The number of carbonyl (C=O) groups is 1. The van der Waals surface area contributed by atoms with E-state index in [9.17, 15) is 9.59 Å². The number of amides is 2. The molecule has 6 heteroatoms. The third-order valence-electron chi connectivity index (χ3n) is 6.18. The fourth-order valence-electron chi connectivity index (χ4n) is 4.34. The Morgan fingerprint density at radius 1 is 0.943 bits per heavy atom. The largest absolute Gasteiger partial charge is 0.334 e. The van der Waals surface area contributed by atoms with Gasteiger partial charge in [0.1, 0.15) is 5.82 Å². The van der Waals surface area contributed by atoms with Gasteiger partial charge in [0.15, 0.2) is 0 Å². The Kier molecular flexibility index (Phi) is 7.93. The second-order valence-corrected chi connectivity index (χ2v) is 8.58. The number of rotatable bonds is 9. The van der Waals surface area contributed by atoms with E-state index >= 15 is 0 Å². The van der Waals surface area contributed by atoms with Crippen molar-refractivity contribution in [2.45, 2.75) is 45.7 Å². The van der Waals surface area contributed by atoms with E-state index in [0.29, 0.717) is 36.2 Å². The van der Waals surface area contributed by atoms with Crippen LogP contribution in [-0.4, -0.2) is 27.0 Å². The van der Waals surface area contributed by atoms with Crippen LogP contribution in [0, 0.1) is 0 Å². The standard InChI is InChI=1S/C29H32N4O2/c1-3-5-20-32(29(35)30-21-22-14-8-6-9-15-22)26(4-2)27-31-25-19-13-12-18-24(25)28(34)33(27)23-16-10-7-11-17-23/h6-19,26H,3-5,20-21H2,1-2H3,(H,30,35). The molecule has 0 radical (unpaired) electrons. The Morgan fingerprint density at radius 2 is 1.60 bits per heavy atom. The van der Waals surface area contributed by atoms with Crippen molar-refractivity contribution in [3.8, 4) is 5.69 Å². The summed E-state index contributed by atoms with van der Waals surface area (Å²) in [6, 6.07) is 26.3. The highest BCUT2D eigenvalue weighted by molar-refractivity contribution is 5.78. The highest BCUT2D eigenvalue weighted by Crippen LogP contribution is 2.26. The van der Waals surface area contributed by atoms with E-state index in [4.69, 9.17) is 4.98 Å². The number of hydrogen-bond donors (Lipinski definition) is 1. The normalized spacial score (nSPS) is 11.8. The van der Waals surface area contributed by atoms with Crippen LogP contribution in [0.25, 0.3) is 16.6 Å². The van der Waals surface area contributed by atoms with Crippen LogP contribution in [0.5, 0.6) is 0 Å². The highest BCUT2D eigenvalue weighted by atomic mass is 16.2. The Hall–Kier alpha value is -3.93. The minimum absolute atomic E-state index is 0.129. The number of aromatic nitrogens is 2. The van der Waals surface area contributed by atoms with Gasteiger partial charge in [0.2, 0.25) is 0 Å². The van der Waals surface area contributed by atoms with E-state index in [2.05, 4.69) is 12.2 Å². The second-order valence-electron chi connectivity index (χ2n) is 8.58. The molecule has 6 nitrogen and oxygen atoms in total. The summed E-state index contributed by atoms with van der Waals surface area (Å²) >= 11 is 0. The van der Waals surface area contributed by atoms with Crippen molar-refractivity contribution < 1.29 is 4.79 Å². The van der Waals surface area contributed by atoms with Crippen LogP contribution in [0.2, 0.25) is 0 Å². The summed E-state index contributed by atoms with van der Waals surface area (Å²) in [5.74, 6) is 0.577. The predicted molar refractivity (Wildman–Crippen MR) is 141 cm³/mol. The molecule has 4 aromatic rings. The molecule has 0 aliphatic rings. The van der Waals surface area contributed by atoms with Crippen molar-refractivity contribution in [3.63, 3.8) is 0 Å². The van der Waals surface area contributed by atoms with Crippen LogP contribution in [0.4, 0.5) is 4.79 Å². The van der Waals surface area contributed by atoms with E-state index < -0.39 is 0 Å². The lowest BCUT2D eigenvalue weighted by molar-refractivity contribution is 0.166. The molecule has 0 fully saturated rings. The molecule has 0 spiro atoms. The zero-order chi connectivity index (χ0) is 24.6. The quantitative estimate of drug-likeness (QED) is 0.335. The topological polar surface area (TPSA) is 67.2 Å². The zero-order valence-electron chi connectivity index (χ0n) is 20.4. The smallest absolute Gasteiger partial charge is 0.318 e. The maximum absolute atomic E-state index is 13.7. The third-order valence-corrected chi connectivity index (χ3v) is 6.18. The van der Waals surface area contributed by atoms with E-state index in [1.165, 1.54) is 0 Å². The van der Waals surface area contributed by atoms with Gasteiger partial charge in [-0.15, -0.1) is 0 Å². The third kappa shape index (κ3) is 5.43. The number of fused-ring (bicyclic) bond motifs is 1. The summed E-state index contributed by atoms with van der Waals surface area (Å²) in [5, 5.41) is 3.63. The molecule has 4 rings (SSSR count). The first-order valence-electron chi connectivity index (χ1n) is 12.3. The van der Waals surface area contributed by atoms with Gasteiger partial charge in [0, 0.05) is 13.1 Å². The molecule has 0 bridgehead atoms. The predicted octanol–water partition coefficient (Wildman–Crippen LogP) is 5.85. The van der Waals surface area contributed by atoms with Crippen molar-refractivity contribution >= 4 is 16.9 Å². The molecule has 0 saturated heterocycles. The molecule has 1 aromatic heterocycles. The lowest BCUT2D eigenvalue weighted by atomic mass is 10.1. The maximum atomic E-state index is 13.7. The van der Waals surface area contributed by atoms with Gasteiger partial charge in [0.25, 0.3) is 5.56 Å². The molecule has 3 aromatic carbocycles. The molecule has 2 amide bonds. The van der Waals surface area contributed by atoms with Gasteiger partial charge in [-0.05, 0) is 42.7 Å². The molecule has 1 atom stereocenters. The lowest BCUT2D eigenvalue weighted by Gasteiger charge is -2.32. The van der Waals surface area contributed by atoms with Crippen molar-refractivity contribution in [2.24, 2.45) is 0 Å². The van der Waals surface area contributed by atoms with Gasteiger partial charge in [0.05, 0.1) is 22.6 Å². The molecule has 1 N–H and O–H groups in total. The molecule has 0 aliphatic carbocycles. The Bertz CT molecular complexity index is 1320. The zero-order valence-corrected chi connectivity index (χ0v) is 20.4. The summed E-state index contributed by atoms with van der Waals surface area (Å²) < 4.78 is 1.67. The second kappa shape index (κ2) is 11.5. The van der Waals surface area contributed by atoms with E-state index in [0.717, 1.165) is 24.1 Å². The van der Waals surface area contributed by atoms with Gasteiger partial charge in [-0.1, -0.05) is 80.9 Å². The van der Waals surface area contributed by atoms with Crippen LogP contribution >= 0.6 is 0 Å². The van der Waals surface area contributed by atoms with Gasteiger partial charge in [-0.25, -0.2) is 9.78 Å². The molecular formula is C29H32N4O2. The number of urea groups is 1. The molecule has 1 unspecified atom stereocenters. The number of unbranched alkanes of at least 4 members (excludes halogenated alkanes) is 1. The molecular weight excluding hydrogens is 436 g/mol.